The van der Waals surface area contributed by atoms with Crippen molar-refractivity contribution < 1.29 is 21.5 Å². The molecule has 33 heavy (non-hydrogen) atoms. The zero-order valence-electron chi connectivity index (χ0n) is 19.3. The predicted octanol–water partition coefficient (Wildman–Crippen LogP) is 7.25. The molecule has 2 nitrogen and oxygen atoms in total. The fraction of sp³-hybridized carbons (Fsp3) is 0.0667. The number of aromatic nitrogens is 2. The van der Waals surface area contributed by atoms with Crippen LogP contribution in [-0.2, 0) is 20.1 Å². The summed E-state index contributed by atoms with van der Waals surface area (Å²) in [6.45, 7) is 1.91. The Bertz CT molecular complexity index is 1230. The summed E-state index contributed by atoms with van der Waals surface area (Å²) in [4.78, 5) is 8.62. The minimum absolute atomic E-state index is 0. The summed E-state index contributed by atoms with van der Waals surface area (Å²) in [5, 5.41) is 0. The first-order valence-electron chi connectivity index (χ1n) is 11.0. The summed E-state index contributed by atoms with van der Waals surface area (Å²) in [6.07, 6.45) is 3.55. The van der Waals surface area contributed by atoms with E-state index >= 15 is 0 Å². The van der Waals surface area contributed by atoms with Gasteiger partial charge in [-0.1, -0.05) is 55.5 Å². The molecule has 0 aliphatic carbocycles. The van der Waals surface area contributed by atoms with Gasteiger partial charge in [0.1, 0.15) is 0 Å². The van der Waals surface area contributed by atoms with Crippen molar-refractivity contribution in [2.75, 3.05) is 0 Å². The molecule has 0 bridgehead atoms. The minimum atomic E-state index is -0.798. The van der Waals surface area contributed by atoms with Gasteiger partial charge in [0.25, 0.3) is 0 Å². The summed E-state index contributed by atoms with van der Waals surface area (Å²) in [5.41, 5.74) is 5.71. The smallest absolute Gasteiger partial charge is 0.0399 e. The molecule has 5 rings (SSSR count). The van der Waals surface area contributed by atoms with Crippen molar-refractivity contribution in [3.8, 4) is 22.5 Å². The molecule has 0 amide bonds. The fourth-order valence-corrected chi connectivity index (χ4v) is 3.29. The zero-order valence-corrected chi connectivity index (χ0v) is 20.7. The van der Waals surface area contributed by atoms with Gasteiger partial charge in [-0.25, -0.2) is 0 Å². The van der Waals surface area contributed by atoms with Crippen molar-refractivity contribution in [1.29, 1.82) is 0 Å². The minimum Gasteiger partial charge on any atom is -0.305 e. The molecule has 1 atom stereocenters. The standard InChI is InChI=1S/C19H16N.C11H8N.Ir/c1-15(16-8-4-2-5-9-16)18-12-13-20-19(14-18)17-10-6-3-7-11-17;1-2-6-10(7-3-1)11-8-4-5-9-12-11;/h2-10,12-15H,1H3;1-6,8-9H;/q2*-1;/i15D;;. The molecule has 5 aromatic rings. The molecule has 0 saturated carbocycles. The van der Waals surface area contributed by atoms with Crippen molar-refractivity contribution in [3.63, 3.8) is 0 Å². The van der Waals surface area contributed by atoms with Gasteiger partial charge in [-0.05, 0) is 34.6 Å². The summed E-state index contributed by atoms with van der Waals surface area (Å²) in [6, 6.07) is 41.5. The van der Waals surface area contributed by atoms with Crippen molar-refractivity contribution in [1.82, 2.24) is 9.97 Å². The summed E-state index contributed by atoms with van der Waals surface area (Å²) in [5.74, 6) is -0.798. The number of pyridine rings is 2. The third-order valence-corrected chi connectivity index (χ3v) is 5.03. The Hall–Kier alpha value is -3.39. The van der Waals surface area contributed by atoms with Crippen LogP contribution in [0.3, 0.4) is 0 Å². The Morgan fingerprint density at radius 2 is 1.24 bits per heavy atom. The van der Waals surface area contributed by atoms with Crippen molar-refractivity contribution in [2.24, 2.45) is 0 Å². The molecule has 1 unspecified atom stereocenters. The van der Waals surface area contributed by atoms with Crippen LogP contribution in [0.5, 0.6) is 0 Å². The molecular formula is C30H24IrN2-2. The van der Waals surface area contributed by atoms with Crippen LogP contribution in [0.1, 0.15) is 25.3 Å². The van der Waals surface area contributed by atoms with Gasteiger partial charge in [0.15, 0.2) is 0 Å². The van der Waals surface area contributed by atoms with Crippen LogP contribution < -0.4 is 0 Å². The molecule has 2 heterocycles. The van der Waals surface area contributed by atoms with E-state index in [1.54, 1.807) is 12.4 Å². The molecule has 0 spiro atoms. The maximum Gasteiger partial charge on any atom is 0.0399 e. The maximum atomic E-state index is 8.73. The first-order valence-corrected chi connectivity index (χ1v) is 10.5. The van der Waals surface area contributed by atoms with Crippen molar-refractivity contribution in [2.45, 2.75) is 12.8 Å². The molecule has 1 radical (unpaired) electrons. The van der Waals surface area contributed by atoms with E-state index in [0.29, 0.717) is 0 Å². The van der Waals surface area contributed by atoms with E-state index in [1.807, 2.05) is 116 Å². The molecule has 2 aromatic heterocycles. The Kier molecular flexibility index (Phi) is 8.70. The van der Waals surface area contributed by atoms with Crippen LogP contribution in [-0.4, -0.2) is 9.97 Å². The molecular weight excluding hydrogens is 581 g/mol. The van der Waals surface area contributed by atoms with Crippen LogP contribution >= 0.6 is 0 Å². The topological polar surface area (TPSA) is 25.8 Å². The second-order valence-electron chi connectivity index (χ2n) is 7.19. The Morgan fingerprint density at radius 1 is 0.636 bits per heavy atom. The number of nitrogens with zero attached hydrogens (tertiary/aromatic N) is 2. The van der Waals surface area contributed by atoms with Gasteiger partial charge < -0.3 is 9.97 Å². The van der Waals surface area contributed by atoms with Crippen LogP contribution in [0.4, 0.5) is 0 Å². The number of hydrogen-bond acceptors (Lipinski definition) is 2. The van der Waals surface area contributed by atoms with Gasteiger partial charge in [-0.15, -0.1) is 71.8 Å². The number of hydrogen-bond donors (Lipinski definition) is 0. The second kappa shape index (κ2) is 12.6. The van der Waals surface area contributed by atoms with Crippen molar-refractivity contribution >= 4 is 0 Å². The van der Waals surface area contributed by atoms with Gasteiger partial charge in [-0.3, -0.25) is 0 Å². The van der Waals surface area contributed by atoms with E-state index in [0.717, 1.165) is 33.6 Å². The summed E-state index contributed by atoms with van der Waals surface area (Å²) in [7, 11) is 0. The van der Waals surface area contributed by atoms with Crippen molar-refractivity contribution in [3.05, 3.63) is 145 Å². The fourth-order valence-electron chi connectivity index (χ4n) is 3.29. The van der Waals surface area contributed by atoms with E-state index in [4.69, 9.17) is 1.37 Å². The quantitative estimate of drug-likeness (QED) is 0.202. The number of benzene rings is 3. The normalized spacial score (nSPS) is 12.2. The molecule has 0 aliphatic rings. The molecule has 3 heteroatoms. The third-order valence-electron chi connectivity index (χ3n) is 5.03. The SMILES string of the molecule is [2H]C(C)(c1ccccc1)c1ccnc(-c2[c-]cccc2)c1.[Ir].[c-]1ccccc1-c1ccccn1. The van der Waals surface area contributed by atoms with Gasteiger partial charge in [0.2, 0.25) is 0 Å². The number of rotatable bonds is 4. The van der Waals surface area contributed by atoms with Gasteiger partial charge in [0.05, 0.1) is 0 Å². The molecule has 0 saturated heterocycles. The van der Waals surface area contributed by atoms with E-state index in [9.17, 15) is 0 Å². The van der Waals surface area contributed by atoms with Gasteiger partial charge in [0, 0.05) is 39.8 Å². The first-order chi connectivity index (χ1) is 16.1. The largest absolute Gasteiger partial charge is 0.305 e. The summed E-state index contributed by atoms with van der Waals surface area (Å²) < 4.78 is 8.73. The molecule has 165 valence electrons. The van der Waals surface area contributed by atoms with E-state index in [-0.39, 0.29) is 20.1 Å². The van der Waals surface area contributed by atoms with Crippen LogP contribution in [0.15, 0.2) is 122 Å². The first kappa shape index (κ1) is 22.8. The Balaban J connectivity index is 0.000000212. The Labute approximate surface area is 211 Å². The van der Waals surface area contributed by atoms with E-state index in [1.165, 1.54) is 0 Å². The average Bonchev–Trinajstić information content (AvgIpc) is 2.91. The average molecular weight is 606 g/mol. The molecule has 3 aromatic carbocycles. The van der Waals surface area contributed by atoms with Gasteiger partial charge in [-0.2, -0.15) is 0 Å². The maximum absolute atomic E-state index is 8.73. The van der Waals surface area contributed by atoms with Crippen LogP contribution in [0.2, 0.25) is 0 Å². The van der Waals surface area contributed by atoms with E-state index in [2.05, 4.69) is 22.1 Å². The van der Waals surface area contributed by atoms with Crippen LogP contribution in [0.25, 0.3) is 22.5 Å². The Morgan fingerprint density at radius 3 is 1.85 bits per heavy atom. The monoisotopic (exact) mass is 606 g/mol. The van der Waals surface area contributed by atoms with E-state index < -0.39 is 5.89 Å². The third kappa shape index (κ3) is 6.79. The second-order valence-corrected chi connectivity index (χ2v) is 7.19. The molecule has 0 fully saturated rings. The zero-order chi connectivity index (χ0) is 22.9. The molecule has 0 aliphatic heterocycles. The predicted molar refractivity (Wildman–Crippen MR) is 131 cm³/mol. The van der Waals surface area contributed by atoms with Gasteiger partial charge >= 0.3 is 0 Å². The summed E-state index contributed by atoms with van der Waals surface area (Å²) >= 11 is 0. The van der Waals surface area contributed by atoms with Crippen LogP contribution in [0, 0.1) is 12.1 Å². The molecule has 0 N–H and O–H groups in total.